The van der Waals surface area contributed by atoms with Gasteiger partial charge in [-0.2, -0.15) is 4.98 Å². The quantitative estimate of drug-likeness (QED) is 0.486. The molecule has 0 bridgehead atoms. The Balaban J connectivity index is 1.42. The van der Waals surface area contributed by atoms with Gasteiger partial charge in [0.25, 0.3) is 5.89 Å². The highest BCUT2D eigenvalue weighted by Crippen LogP contribution is 2.23. The minimum Gasteiger partial charge on any atom is -0.497 e. The first-order chi connectivity index (χ1) is 13.3. The van der Waals surface area contributed by atoms with E-state index in [1.54, 1.807) is 7.11 Å². The van der Waals surface area contributed by atoms with Gasteiger partial charge >= 0.3 is 0 Å². The second kappa shape index (κ2) is 7.74. The molecule has 0 N–H and O–H groups in total. The van der Waals surface area contributed by atoms with E-state index < -0.39 is 0 Å². The summed E-state index contributed by atoms with van der Waals surface area (Å²) >= 11 is 0. The second-order valence-corrected chi connectivity index (χ2v) is 5.95. The normalized spacial score (nSPS) is 10.6. The lowest BCUT2D eigenvalue weighted by Gasteiger charge is -2.07. The zero-order valence-electron chi connectivity index (χ0n) is 14.8. The molecule has 4 aromatic rings. The van der Waals surface area contributed by atoms with Crippen molar-refractivity contribution in [3.63, 3.8) is 0 Å². The predicted octanol–water partition coefficient (Wildman–Crippen LogP) is 4.99. The van der Waals surface area contributed by atoms with Crippen molar-refractivity contribution in [1.82, 2.24) is 10.1 Å². The Kier molecular flexibility index (Phi) is 4.83. The monoisotopic (exact) mass is 358 g/mol. The number of aromatic nitrogens is 2. The minimum atomic E-state index is 0.478. The van der Waals surface area contributed by atoms with Crippen LogP contribution in [0.3, 0.4) is 0 Å². The molecule has 0 atom stereocenters. The smallest absolute Gasteiger partial charge is 0.258 e. The van der Waals surface area contributed by atoms with Crippen molar-refractivity contribution < 1.29 is 14.0 Å². The number of benzene rings is 3. The molecule has 0 spiro atoms. The molecule has 5 nitrogen and oxygen atoms in total. The van der Waals surface area contributed by atoms with Gasteiger partial charge in [0.1, 0.15) is 18.1 Å². The van der Waals surface area contributed by atoms with E-state index in [1.165, 1.54) is 0 Å². The lowest BCUT2D eigenvalue weighted by atomic mass is 10.1. The van der Waals surface area contributed by atoms with Crippen LogP contribution >= 0.6 is 0 Å². The van der Waals surface area contributed by atoms with E-state index in [2.05, 4.69) is 10.1 Å². The molecule has 4 rings (SSSR count). The largest absolute Gasteiger partial charge is 0.497 e. The molecule has 27 heavy (non-hydrogen) atoms. The molecule has 3 aromatic carbocycles. The third-order valence-corrected chi connectivity index (χ3v) is 4.12. The van der Waals surface area contributed by atoms with E-state index >= 15 is 0 Å². The van der Waals surface area contributed by atoms with E-state index in [-0.39, 0.29) is 0 Å². The molecule has 0 saturated carbocycles. The summed E-state index contributed by atoms with van der Waals surface area (Å²) in [5, 5.41) is 4.05. The lowest BCUT2D eigenvalue weighted by molar-refractivity contribution is 0.305. The summed E-state index contributed by atoms with van der Waals surface area (Å²) in [5.41, 5.74) is 2.85. The van der Waals surface area contributed by atoms with Crippen LogP contribution in [0, 0.1) is 0 Å². The van der Waals surface area contributed by atoms with Crippen molar-refractivity contribution in [2.75, 3.05) is 7.11 Å². The van der Waals surface area contributed by atoms with Gasteiger partial charge in [-0.1, -0.05) is 47.6 Å². The molecular weight excluding hydrogens is 340 g/mol. The number of methoxy groups -OCH3 is 1. The maximum Gasteiger partial charge on any atom is 0.258 e. The van der Waals surface area contributed by atoms with E-state index in [0.717, 1.165) is 28.2 Å². The molecule has 1 aromatic heterocycles. The van der Waals surface area contributed by atoms with Gasteiger partial charge in [-0.05, 0) is 42.0 Å². The first kappa shape index (κ1) is 16.8. The molecule has 0 aliphatic heterocycles. The summed E-state index contributed by atoms with van der Waals surface area (Å²) < 4.78 is 16.3. The summed E-state index contributed by atoms with van der Waals surface area (Å²) in [7, 11) is 1.64. The molecule has 0 saturated heterocycles. The van der Waals surface area contributed by atoms with Crippen LogP contribution in [-0.2, 0) is 6.61 Å². The Labute approximate surface area is 157 Å². The molecule has 0 unspecified atom stereocenters. The number of hydrogen-bond acceptors (Lipinski definition) is 5. The van der Waals surface area contributed by atoms with Crippen LogP contribution < -0.4 is 9.47 Å². The number of rotatable bonds is 6. The number of hydrogen-bond donors (Lipinski definition) is 0. The Morgan fingerprint density at radius 1 is 0.778 bits per heavy atom. The molecule has 0 aliphatic carbocycles. The lowest BCUT2D eigenvalue weighted by Crippen LogP contribution is -1.95. The summed E-state index contributed by atoms with van der Waals surface area (Å²) in [6.45, 7) is 0.478. The van der Waals surface area contributed by atoms with Crippen LogP contribution in [0.2, 0.25) is 0 Å². The van der Waals surface area contributed by atoms with Gasteiger partial charge < -0.3 is 14.0 Å². The van der Waals surface area contributed by atoms with Crippen molar-refractivity contribution in [1.29, 1.82) is 0 Å². The fourth-order valence-corrected chi connectivity index (χ4v) is 2.63. The van der Waals surface area contributed by atoms with Crippen LogP contribution in [0.25, 0.3) is 22.8 Å². The molecule has 0 radical (unpaired) electrons. The van der Waals surface area contributed by atoms with E-state index in [1.807, 2.05) is 78.9 Å². The van der Waals surface area contributed by atoms with E-state index in [9.17, 15) is 0 Å². The van der Waals surface area contributed by atoms with Gasteiger partial charge in [0.05, 0.1) is 7.11 Å². The first-order valence-corrected chi connectivity index (χ1v) is 8.57. The Bertz CT molecular complexity index is 994. The van der Waals surface area contributed by atoms with E-state index in [0.29, 0.717) is 18.3 Å². The van der Waals surface area contributed by atoms with Gasteiger partial charge in [-0.15, -0.1) is 0 Å². The van der Waals surface area contributed by atoms with Crippen molar-refractivity contribution in [2.24, 2.45) is 0 Å². The maximum absolute atomic E-state index is 5.79. The number of ether oxygens (including phenoxy) is 2. The second-order valence-electron chi connectivity index (χ2n) is 5.95. The summed E-state index contributed by atoms with van der Waals surface area (Å²) in [6, 6.07) is 25.2. The zero-order valence-corrected chi connectivity index (χ0v) is 14.8. The van der Waals surface area contributed by atoms with Crippen LogP contribution in [0.5, 0.6) is 11.5 Å². The Morgan fingerprint density at radius 2 is 1.48 bits per heavy atom. The van der Waals surface area contributed by atoms with Gasteiger partial charge in [0.15, 0.2) is 0 Å². The molecule has 0 aliphatic rings. The zero-order chi connectivity index (χ0) is 18.5. The standard InChI is InChI=1S/C22H18N2O3/c1-25-19-11-13-20(14-12-19)26-15-16-7-9-18(10-8-16)22-23-21(24-27-22)17-5-3-2-4-6-17/h2-14H,15H2,1H3. The highest BCUT2D eigenvalue weighted by Gasteiger charge is 2.10. The third-order valence-electron chi connectivity index (χ3n) is 4.12. The van der Waals surface area contributed by atoms with Crippen LogP contribution in [0.15, 0.2) is 83.4 Å². The molecule has 134 valence electrons. The maximum atomic E-state index is 5.79. The van der Waals surface area contributed by atoms with Crippen molar-refractivity contribution in [3.05, 3.63) is 84.4 Å². The topological polar surface area (TPSA) is 57.4 Å². The fourth-order valence-electron chi connectivity index (χ4n) is 2.63. The van der Waals surface area contributed by atoms with Crippen molar-refractivity contribution in [3.8, 4) is 34.3 Å². The average molecular weight is 358 g/mol. The first-order valence-electron chi connectivity index (χ1n) is 8.57. The Hall–Kier alpha value is -3.60. The fraction of sp³-hybridized carbons (Fsp3) is 0.0909. The predicted molar refractivity (Wildman–Crippen MR) is 102 cm³/mol. The summed E-state index contributed by atoms with van der Waals surface area (Å²) in [6.07, 6.45) is 0. The van der Waals surface area contributed by atoms with Crippen molar-refractivity contribution in [2.45, 2.75) is 6.61 Å². The Morgan fingerprint density at radius 3 is 2.19 bits per heavy atom. The summed E-state index contributed by atoms with van der Waals surface area (Å²) in [4.78, 5) is 4.47. The highest BCUT2D eigenvalue weighted by molar-refractivity contribution is 5.59. The highest BCUT2D eigenvalue weighted by atomic mass is 16.5. The molecule has 1 heterocycles. The van der Waals surface area contributed by atoms with Gasteiger partial charge in [-0.25, -0.2) is 0 Å². The van der Waals surface area contributed by atoms with Crippen molar-refractivity contribution >= 4 is 0 Å². The van der Waals surface area contributed by atoms with Crippen LogP contribution in [0.4, 0.5) is 0 Å². The van der Waals surface area contributed by atoms with Crippen LogP contribution in [0.1, 0.15) is 5.56 Å². The van der Waals surface area contributed by atoms with Gasteiger partial charge in [0, 0.05) is 11.1 Å². The average Bonchev–Trinajstić information content (AvgIpc) is 3.24. The van der Waals surface area contributed by atoms with Crippen LogP contribution in [-0.4, -0.2) is 17.3 Å². The van der Waals surface area contributed by atoms with Gasteiger partial charge in [-0.3, -0.25) is 0 Å². The van der Waals surface area contributed by atoms with Gasteiger partial charge in [0.2, 0.25) is 5.82 Å². The molecule has 0 fully saturated rings. The molecular formula is C22H18N2O3. The van der Waals surface area contributed by atoms with E-state index in [4.69, 9.17) is 14.0 Å². The SMILES string of the molecule is COc1ccc(OCc2ccc(-c3nc(-c4ccccc4)no3)cc2)cc1. The summed E-state index contributed by atoms with van der Waals surface area (Å²) in [5.74, 6) is 2.68. The number of nitrogens with zero attached hydrogens (tertiary/aromatic N) is 2. The third kappa shape index (κ3) is 3.98. The molecule has 0 amide bonds. The minimum absolute atomic E-state index is 0.478. The molecule has 5 heteroatoms.